The van der Waals surface area contributed by atoms with Crippen molar-refractivity contribution in [1.29, 1.82) is 5.26 Å². The number of aromatic amines is 1. The lowest BCUT2D eigenvalue weighted by molar-refractivity contribution is 0.0864. The predicted molar refractivity (Wildman–Crippen MR) is 82.6 cm³/mol. The fourth-order valence-electron chi connectivity index (χ4n) is 3.52. The van der Waals surface area contributed by atoms with Crippen LogP contribution >= 0.6 is 0 Å². The van der Waals surface area contributed by atoms with E-state index in [0.717, 1.165) is 31.5 Å². The van der Waals surface area contributed by atoms with E-state index in [-0.39, 0.29) is 12.0 Å². The summed E-state index contributed by atoms with van der Waals surface area (Å²) >= 11 is 0. The van der Waals surface area contributed by atoms with Gasteiger partial charge in [-0.15, -0.1) is 0 Å². The summed E-state index contributed by atoms with van der Waals surface area (Å²) in [7, 11) is 0. The van der Waals surface area contributed by atoms with E-state index in [2.05, 4.69) is 31.6 Å². The number of pyridine rings is 1. The van der Waals surface area contributed by atoms with Crippen LogP contribution in [-0.4, -0.2) is 33.3 Å². The number of nitrogens with zero attached hydrogens (tertiary/aromatic N) is 4. The average Bonchev–Trinajstić information content (AvgIpc) is 3.31. The zero-order valence-corrected chi connectivity index (χ0v) is 12.7. The van der Waals surface area contributed by atoms with Crippen molar-refractivity contribution < 1.29 is 4.74 Å². The molecule has 1 fully saturated rings. The number of nitriles is 1. The van der Waals surface area contributed by atoms with Crippen LogP contribution in [0.1, 0.15) is 41.5 Å². The van der Waals surface area contributed by atoms with E-state index in [1.165, 1.54) is 17.5 Å². The molecular weight excluding hydrogens is 292 g/mol. The second kappa shape index (κ2) is 5.97. The molecule has 23 heavy (non-hydrogen) atoms. The third-order valence-electron chi connectivity index (χ3n) is 4.71. The molecule has 0 amide bonds. The quantitative estimate of drug-likeness (QED) is 0.892. The van der Waals surface area contributed by atoms with Crippen LogP contribution in [0.5, 0.6) is 0 Å². The van der Waals surface area contributed by atoms with E-state index in [0.29, 0.717) is 24.5 Å². The van der Waals surface area contributed by atoms with Crippen LogP contribution in [-0.2, 0) is 17.6 Å². The van der Waals surface area contributed by atoms with E-state index < -0.39 is 0 Å². The lowest BCUT2D eigenvalue weighted by Gasteiger charge is -2.18. The highest BCUT2D eigenvalue weighted by Crippen LogP contribution is 2.33. The minimum Gasteiger partial charge on any atom is -0.370 e. The molecule has 1 aliphatic heterocycles. The van der Waals surface area contributed by atoms with Gasteiger partial charge in [0.15, 0.2) is 5.82 Å². The first-order valence-corrected chi connectivity index (χ1v) is 7.98. The molecule has 2 atom stereocenters. The van der Waals surface area contributed by atoms with Crippen molar-refractivity contribution in [2.75, 3.05) is 18.5 Å². The molecule has 2 aromatic rings. The highest BCUT2D eigenvalue weighted by molar-refractivity contribution is 5.59. The monoisotopic (exact) mass is 310 g/mol. The SMILES string of the molecule is N#Cc1c(NC[C@@H]2CCO[C@@H]2c2ncn[nH]2)ncc2c1CCC2. The molecule has 1 aliphatic carbocycles. The van der Waals surface area contributed by atoms with Gasteiger partial charge in [-0.1, -0.05) is 0 Å². The van der Waals surface area contributed by atoms with Gasteiger partial charge in [0.2, 0.25) is 0 Å². The number of aromatic nitrogens is 4. The summed E-state index contributed by atoms with van der Waals surface area (Å²) in [5.74, 6) is 1.73. The van der Waals surface area contributed by atoms with Gasteiger partial charge in [-0.25, -0.2) is 9.97 Å². The van der Waals surface area contributed by atoms with Crippen molar-refractivity contribution in [2.24, 2.45) is 5.92 Å². The van der Waals surface area contributed by atoms with E-state index >= 15 is 0 Å². The smallest absolute Gasteiger partial charge is 0.153 e. The third kappa shape index (κ3) is 2.55. The summed E-state index contributed by atoms with van der Waals surface area (Å²) in [6.07, 6.45) is 7.39. The Morgan fingerprint density at radius 2 is 2.35 bits per heavy atom. The molecule has 4 rings (SSSR count). The standard InChI is InChI=1S/C16H18N6O/c17-6-13-12-3-1-2-10(12)7-18-15(13)19-8-11-4-5-23-14(11)16-20-9-21-22-16/h7,9,11,14H,1-5,8H2,(H,18,19)(H,20,21,22)/t11-,14-/m0/s1. The summed E-state index contributed by atoms with van der Waals surface area (Å²) < 4.78 is 5.77. The van der Waals surface area contributed by atoms with Gasteiger partial charge in [0.25, 0.3) is 0 Å². The maximum absolute atomic E-state index is 9.50. The maximum Gasteiger partial charge on any atom is 0.153 e. The number of hydrogen-bond donors (Lipinski definition) is 2. The lowest BCUT2D eigenvalue weighted by atomic mass is 10.0. The molecule has 2 aromatic heterocycles. The Morgan fingerprint density at radius 3 is 3.17 bits per heavy atom. The minimum absolute atomic E-state index is 0.0787. The topological polar surface area (TPSA) is 99.5 Å². The Balaban J connectivity index is 1.50. The molecule has 7 heteroatoms. The molecule has 2 aliphatic rings. The number of aryl methyl sites for hydroxylation is 1. The van der Waals surface area contributed by atoms with Crippen molar-refractivity contribution in [1.82, 2.24) is 20.2 Å². The molecule has 0 spiro atoms. The fourth-order valence-corrected chi connectivity index (χ4v) is 3.52. The van der Waals surface area contributed by atoms with E-state index in [1.54, 1.807) is 0 Å². The highest BCUT2D eigenvalue weighted by atomic mass is 16.5. The molecule has 0 aromatic carbocycles. The van der Waals surface area contributed by atoms with Crippen LogP contribution in [0.25, 0.3) is 0 Å². The Kier molecular flexibility index (Phi) is 3.67. The first kappa shape index (κ1) is 14.2. The summed E-state index contributed by atoms with van der Waals surface area (Å²) in [5, 5.41) is 19.6. The van der Waals surface area contributed by atoms with Gasteiger partial charge in [0.05, 0.1) is 5.56 Å². The summed E-state index contributed by atoms with van der Waals surface area (Å²) in [6, 6.07) is 2.33. The Hall–Kier alpha value is -2.46. The van der Waals surface area contributed by atoms with Gasteiger partial charge in [0.1, 0.15) is 24.3 Å². The highest BCUT2D eigenvalue weighted by Gasteiger charge is 2.32. The first-order valence-electron chi connectivity index (χ1n) is 7.98. The van der Waals surface area contributed by atoms with Gasteiger partial charge >= 0.3 is 0 Å². The molecule has 0 unspecified atom stereocenters. The minimum atomic E-state index is -0.0787. The van der Waals surface area contributed by atoms with E-state index in [4.69, 9.17) is 4.74 Å². The van der Waals surface area contributed by atoms with E-state index in [9.17, 15) is 5.26 Å². The first-order chi connectivity index (χ1) is 11.4. The van der Waals surface area contributed by atoms with Crippen molar-refractivity contribution in [3.63, 3.8) is 0 Å². The zero-order valence-electron chi connectivity index (χ0n) is 12.7. The van der Waals surface area contributed by atoms with Gasteiger partial charge in [-0.3, -0.25) is 5.10 Å². The fraction of sp³-hybridized carbons (Fsp3) is 0.500. The van der Waals surface area contributed by atoms with E-state index in [1.807, 2.05) is 6.20 Å². The molecule has 0 saturated carbocycles. The van der Waals surface area contributed by atoms with Crippen molar-refractivity contribution in [3.05, 3.63) is 35.0 Å². The van der Waals surface area contributed by atoms with Gasteiger partial charge in [0, 0.05) is 25.3 Å². The molecule has 1 saturated heterocycles. The number of ether oxygens (including phenoxy) is 1. The zero-order chi connectivity index (χ0) is 15.6. The summed E-state index contributed by atoms with van der Waals surface area (Å²) in [6.45, 7) is 1.41. The van der Waals surface area contributed by atoms with Crippen LogP contribution in [0.2, 0.25) is 0 Å². The number of H-pyrrole nitrogens is 1. The summed E-state index contributed by atoms with van der Waals surface area (Å²) in [5.41, 5.74) is 3.09. The summed E-state index contributed by atoms with van der Waals surface area (Å²) in [4.78, 5) is 8.66. The van der Waals surface area contributed by atoms with Crippen LogP contribution in [0, 0.1) is 17.2 Å². The second-order valence-electron chi connectivity index (χ2n) is 6.04. The van der Waals surface area contributed by atoms with Crippen molar-refractivity contribution >= 4 is 5.82 Å². The van der Waals surface area contributed by atoms with Crippen LogP contribution in [0.4, 0.5) is 5.82 Å². The maximum atomic E-state index is 9.50. The van der Waals surface area contributed by atoms with Gasteiger partial charge in [-0.05, 0) is 36.8 Å². The van der Waals surface area contributed by atoms with Gasteiger partial charge in [-0.2, -0.15) is 10.4 Å². The molecule has 3 heterocycles. The molecular formula is C16H18N6O. The second-order valence-corrected chi connectivity index (χ2v) is 6.04. The van der Waals surface area contributed by atoms with Crippen molar-refractivity contribution in [2.45, 2.75) is 31.8 Å². The Bertz CT molecular complexity index is 736. The Labute approximate surface area is 134 Å². The van der Waals surface area contributed by atoms with Crippen LogP contribution in [0.15, 0.2) is 12.5 Å². The number of nitrogens with one attached hydrogen (secondary N) is 2. The lowest BCUT2D eigenvalue weighted by Crippen LogP contribution is -2.20. The molecule has 7 nitrogen and oxygen atoms in total. The molecule has 118 valence electrons. The van der Waals surface area contributed by atoms with Crippen LogP contribution in [0.3, 0.4) is 0 Å². The number of hydrogen-bond acceptors (Lipinski definition) is 6. The number of anilines is 1. The number of fused-ring (bicyclic) bond motifs is 1. The average molecular weight is 310 g/mol. The normalized spacial score (nSPS) is 22.7. The third-order valence-corrected chi connectivity index (χ3v) is 4.71. The predicted octanol–water partition coefficient (Wildman–Crippen LogP) is 1.75. The molecule has 0 radical (unpaired) electrons. The molecule has 0 bridgehead atoms. The molecule has 2 N–H and O–H groups in total. The van der Waals surface area contributed by atoms with Gasteiger partial charge < -0.3 is 10.1 Å². The Morgan fingerprint density at radius 1 is 1.39 bits per heavy atom. The van der Waals surface area contributed by atoms with Crippen LogP contribution < -0.4 is 5.32 Å². The largest absolute Gasteiger partial charge is 0.370 e. The number of rotatable bonds is 4. The van der Waals surface area contributed by atoms with Crippen molar-refractivity contribution in [3.8, 4) is 6.07 Å².